The predicted octanol–water partition coefficient (Wildman–Crippen LogP) is -2.69. The number of aliphatic hydroxyl groups excluding tert-OH is 3. The van der Waals surface area contributed by atoms with Gasteiger partial charge in [0.15, 0.2) is 17.4 Å². The quantitative estimate of drug-likeness (QED) is 0.373. The Labute approximate surface area is 111 Å². The molecule has 1 fully saturated rings. The van der Waals surface area contributed by atoms with Crippen molar-refractivity contribution < 1.29 is 20.1 Å². The number of aromatic amines is 1. The van der Waals surface area contributed by atoms with Gasteiger partial charge in [-0.25, -0.2) is 4.98 Å². The normalized spacial score (nSPS) is 30.1. The smallest absolute Gasteiger partial charge is 0.280 e. The number of aliphatic hydroxyl groups is 3. The maximum Gasteiger partial charge on any atom is 0.280 e. The highest BCUT2D eigenvalue weighted by molar-refractivity contribution is 5.70. The maximum absolute atomic E-state index is 11.7. The van der Waals surface area contributed by atoms with Gasteiger partial charge in [-0.1, -0.05) is 0 Å². The van der Waals surface area contributed by atoms with Crippen LogP contribution in [-0.4, -0.2) is 59.8 Å². The summed E-state index contributed by atoms with van der Waals surface area (Å²) in [7, 11) is 0. The lowest BCUT2D eigenvalue weighted by atomic mass is 10.1. The van der Waals surface area contributed by atoms with Gasteiger partial charge >= 0.3 is 0 Å². The molecule has 4 atom stereocenters. The Kier molecular flexibility index (Phi) is 2.94. The van der Waals surface area contributed by atoms with Crippen molar-refractivity contribution in [3.63, 3.8) is 0 Å². The number of hydrogen-bond donors (Lipinski definition) is 5. The number of nitrogens with zero attached hydrogens (tertiary/aromatic N) is 3. The molecule has 20 heavy (non-hydrogen) atoms. The van der Waals surface area contributed by atoms with Gasteiger partial charge in [0, 0.05) is 0 Å². The summed E-state index contributed by atoms with van der Waals surface area (Å²) < 4.78 is 6.64. The van der Waals surface area contributed by atoms with Gasteiger partial charge in [0.1, 0.15) is 18.3 Å². The van der Waals surface area contributed by atoms with Crippen molar-refractivity contribution >= 4 is 17.1 Å². The number of nitrogen functional groups attached to an aromatic ring is 1. The van der Waals surface area contributed by atoms with Gasteiger partial charge in [0.25, 0.3) is 5.56 Å². The van der Waals surface area contributed by atoms with Crippen molar-refractivity contribution in [1.82, 2.24) is 19.5 Å². The average Bonchev–Trinajstić information content (AvgIpc) is 2.93. The summed E-state index contributed by atoms with van der Waals surface area (Å²) in [6.07, 6.45) is -3.21. The Morgan fingerprint density at radius 3 is 2.85 bits per heavy atom. The van der Waals surface area contributed by atoms with E-state index in [1.165, 1.54) is 10.9 Å². The fourth-order valence-electron chi connectivity index (χ4n) is 2.24. The number of fused-ring (bicyclic) bond motifs is 1. The second kappa shape index (κ2) is 4.52. The number of aromatic nitrogens is 4. The van der Waals surface area contributed by atoms with Crippen LogP contribution in [0.1, 0.15) is 6.23 Å². The summed E-state index contributed by atoms with van der Waals surface area (Å²) in [4.78, 5) is 21.8. The third-order valence-corrected chi connectivity index (χ3v) is 3.24. The van der Waals surface area contributed by atoms with Crippen molar-refractivity contribution in [2.24, 2.45) is 0 Å². The standard InChI is InChI=1S/C10H13N5O5/c11-10-13-7-4(8(19)14-10)12-2-15(7)9-6(18)5(17)3(1-16)20-9/h2-3,5-6,9,16-18H,1H2,(H3,11,13,14,19)/t3-,5-,6-,9-/m1/s1/i10+1,11+1,13+1,14+1. The number of ether oxygens (including phenoxy) is 1. The molecule has 3 rings (SSSR count). The fourth-order valence-corrected chi connectivity index (χ4v) is 2.24. The molecular weight excluding hydrogens is 274 g/mol. The fraction of sp³-hybridized carbons (Fsp3) is 0.500. The van der Waals surface area contributed by atoms with Gasteiger partial charge in [-0.2, -0.15) is 4.98 Å². The Bertz CT molecular complexity index is 697. The Hall–Kier alpha value is -2.01. The first-order valence-corrected chi connectivity index (χ1v) is 5.87. The van der Waals surface area contributed by atoms with Gasteiger partial charge in [-0.05, 0) is 0 Å². The third kappa shape index (κ3) is 1.78. The number of anilines is 1. The molecule has 10 nitrogen and oxygen atoms in total. The minimum absolute atomic E-state index is 0.0388. The molecule has 0 spiro atoms. The molecule has 0 bridgehead atoms. The summed E-state index contributed by atoms with van der Waals surface area (Å²) in [5, 5.41) is 28.7. The van der Waals surface area contributed by atoms with Crippen molar-refractivity contribution in [1.29, 1.82) is 0 Å². The van der Waals surface area contributed by atoms with Crippen LogP contribution in [0.5, 0.6) is 0 Å². The largest absolute Gasteiger partial charge is 0.394 e. The van der Waals surface area contributed by atoms with Crippen LogP contribution in [0.3, 0.4) is 0 Å². The average molecular weight is 287 g/mol. The van der Waals surface area contributed by atoms with Crippen LogP contribution in [0.2, 0.25) is 0 Å². The Morgan fingerprint density at radius 2 is 2.20 bits per heavy atom. The van der Waals surface area contributed by atoms with E-state index in [1.807, 2.05) is 0 Å². The molecular formula is C10H13N5O5. The molecule has 0 saturated carbocycles. The molecule has 1 saturated heterocycles. The number of nitrogens with one attached hydrogen (secondary N) is 1. The van der Waals surface area contributed by atoms with E-state index in [0.29, 0.717) is 0 Å². The molecule has 0 radical (unpaired) electrons. The zero-order valence-electron chi connectivity index (χ0n) is 10.2. The molecule has 1 aliphatic heterocycles. The molecule has 0 unspecified atom stereocenters. The Morgan fingerprint density at radius 1 is 1.45 bits per heavy atom. The van der Waals surface area contributed by atoms with Crippen LogP contribution in [0.15, 0.2) is 11.1 Å². The van der Waals surface area contributed by atoms with E-state index < -0.39 is 36.7 Å². The van der Waals surface area contributed by atoms with Crippen LogP contribution in [0.4, 0.5) is 5.95 Å². The molecule has 108 valence electrons. The van der Waals surface area contributed by atoms with Gasteiger partial charge in [0.2, 0.25) is 5.95 Å². The number of imidazole rings is 1. The lowest BCUT2D eigenvalue weighted by molar-refractivity contribution is -0.0511. The number of H-pyrrole nitrogens is 1. The van der Waals surface area contributed by atoms with Crippen LogP contribution in [0.25, 0.3) is 11.2 Å². The van der Waals surface area contributed by atoms with Crippen molar-refractivity contribution in [2.45, 2.75) is 24.5 Å². The second-order valence-electron chi connectivity index (χ2n) is 4.50. The topological polar surface area (TPSA) is 160 Å². The molecule has 1 aliphatic rings. The summed E-state index contributed by atoms with van der Waals surface area (Å²) in [6.45, 7) is -0.447. The molecule has 2 aromatic rings. The monoisotopic (exact) mass is 287 g/mol. The van der Waals surface area contributed by atoms with E-state index in [-0.39, 0.29) is 17.1 Å². The number of nitrogens with two attached hydrogens (primary N) is 1. The van der Waals surface area contributed by atoms with Crippen molar-refractivity contribution in [3.05, 3.63) is 16.7 Å². The van der Waals surface area contributed by atoms with Crippen molar-refractivity contribution in [3.8, 4) is 0 Å². The summed E-state index contributed by atoms with van der Waals surface area (Å²) in [5.41, 5.74) is 5.12. The first-order chi connectivity index (χ1) is 9.52. The van der Waals surface area contributed by atoms with Crippen LogP contribution in [0, 0.1) is 0 Å². The number of rotatable bonds is 2. The SMILES string of the molecule is [15NH2][13c]1[15n]c2c(ncn2[C@@H]2O[C@H](CO)[C@@H](O)[C@H]2O)c(=O)[15nH]1. The molecule has 0 aliphatic carbocycles. The lowest BCUT2D eigenvalue weighted by Crippen LogP contribution is -2.33. The van der Waals surface area contributed by atoms with Crippen LogP contribution in [-0.2, 0) is 4.74 Å². The number of hydrogen-bond acceptors (Lipinski definition) is 8. The summed E-state index contributed by atoms with van der Waals surface area (Å²) >= 11 is 0. The first-order valence-electron chi connectivity index (χ1n) is 5.87. The summed E-state index contributed by atoms with van der Waals surface area (Å²) in [6, 6.07) is 0. The van der Waals surface area contributed by atoms with E-state index in [9.17, 15) is 15.0 Å². The van der Waals surface area contributed by atoms with Crippen LogP contribution < -0.4 is 11.3 Å². The van der Waals surface area contributed by atoms with E-state index in [1.54, 1.807) is 0 Å². The predicted molar refractivity (Wildman–Crippen MR) is 65.6 cm³/mol. The van der Waals surface area contributed by atoms with Crippen molar-refractivity contribution in [2.75, 3.05) is 12.3 Å². The van der Waals surface area contributed by atoms with E-state index in [4.69, 9.17) is 15.6 Å². The van der Waals surface area contributed by atoms with E-state index >= 15 is 0 Å². The van der Waals surface area contributed by atoms with Crippen LogP contribution >= 0.6 is 0 Å². The summed E-state index contributed by atoms with van der Waals surface area (Å²) in [5.74, 6) is -0.101. The molecule has 2 aromatic heterocycles. The minimum atomic E-state index is -1.29. The third-order valence-electron chi connectivity index (χ3n) is 3.24. The Balaban J connectivity index is 2.09. The molecule has 10 heteroatoms. The van der Waals surface area contributed by atoms with E-state index in [2.05, 4.69) is 15.0 Å². The molecule has 0 aromatic carbocycles. The molecule has 3 heterocycles. The van der Waals surface area contributed by atoms with Gasteiger partial charge in [-0.3, -0.25) is 14.3 Å². The van der Waals surface area contributed by atoms with E-state index in [0.717, 1.165) is 0 Å². The highest BCUT2D eigenvalue weighted by Crippen LogP contribution is 2.30. The second-order valence-corrected chi connectivity index (χ2v) is 4.50. The highest BCUT2D eigenvalue weighted by Gasteiger charge is 2.44. The zero-order chi connectivity index (χ0) is 14.4. The maximum atomic E-state index is 11.7. The lowest BCUT2D eigenvalue weighted by Gasteiger charge is -2.16. The van der Waals surface area contributed by atoms with Gasteiger partial charge in [-0.15, -0.1) is 0 Å². The molecule has 6 N–H and O–H groups in total. The minimum Gasteiger partial charge on any atom is -0.394 e. The van der Waals surface area contributed by atoms with Gasteiger partial charge in [0.05, 0.1) is 12.9 Å². The van der Waals surface area contributed by atoms with Gasteiger partial charge < -0.3 is 25.8 Å². The first kappa shape index (κ1) is 13.0. The zero-order valence-corrected chi connectivity index (χ0v) is 10.2. The molecule has 0 amide bonds. The highest BCUT2D eigenvalue weighted by atomic mass is 16.6.